The van der Waals surface area contributed by atoms with Gasteiger partial charge in [0.1, 0.15) is 0 Å². The van der Waals surface area contributed by atoms with Gasteiger partial charge in [0.05, 0.1) is 0 Å². The normalized spacial score (nSPS) is 26.4. The van der Waals surface area contributed by atoms with Crippen molar-refractivity contribution in [1.82, 2.24) is 0 Å². The molecular weight excluding hydrogens is 216 g/mol. The Morgan fingerprint density at radius 2 is 2.00 bits per heavy atom. The zero-order chi connectivity index (χ0) is 13.1. The molecule has 1 aliphatic rings. The number of esters is 1. The molecule has 0 aromatic heterocycles. The summed E-state index contributed by atoms with van der Waals surface area (Å²) >= 11 is 0. The third kappa shape index (κ3) is 2.65. The van der Waals surface area contributed by atoms with E-state index in [1.807, 2.05) is 26.8 Å². The number of ketones is 1. The van der Waals surface area contributed by atoms with Crippen LogP contribution in [0.2, 0.25) is 0 Å². The molecule has 94 valence electrons. The summed E-state index contributed by atoms with van der Waals surface area (Å²) in [6.45, 7) is 7.57. The van der Waals surface area contributed by atoms with Gasteiger partial charge in [-0.3, -0.25) is 4.79 Å². The van der Waals surface area contributed by atoms with Gasteiger partial charge >= 0.3 is 5.97 Å². The standard InChI is InChI=1S/C14H20O3/c1-5-7-12(16)17-10-11(15)14(4)9-6-8-13(14,2)3/h5-8H,9-10H2,1-4H3/b7-5-/t14-/m0/s1. The van der Waals surface area contributed by atoms with E-state index in [4.69, 9.17) is 4.74 Å². The van der Waals surface area contributed by atoms with E-state index in [9.17, 15) is 9.59 Å². The van der Waals surface area contributed by atoms with Crippen molar-refractivity contribution < 1.29 is 14.3 Å². The van der Waals surface area contributed by atoms with Crippen molar-refractivity contribution in [2.75, 3.05) is 6.61 Å². The van der Waals surface area contributed by atoms with Gasteiger partial charge in [0.2, 0.25) is 0 Å². The molecule has 0 saturated heterocycles. The highest BCUT2D eigenvalue weighted by Gasteiger charge is 2.47. The second-order valence-corrected chi connectivity index (χ2v) is 5.19. The maximum atomic E-state index is 12.2. The summed E-state index contributed by atoms with van der Waals surface area (Å²) in [5.74, 6) is -0.487. The van der Waals surface area contributed by atoms with Gasteiger partial charge in [-0.05, 0) is 18.8 Å². The van der Waals surface area contributed by atoms with Crippen LogP contribution < -0.4 is 0 Å². The molecule has 0 spiro atoms. The van der Waals surface area contributed by atoms with Crippen molar-refractivity contribution >= 4 is 11.8 Å². The third-order valence-corrected chi connectivity index (χ3v) is 3.75. The van der Waals surface area contributed by atoms with Crippen LogP contribution in [0.3, 0.4) is 0 Å². The van der Waals surface area contributed by atoms with Gasteiger partial charge in [-0.2, -0.15) is 0 Å². The van der Waals surface area contributed by atoms with Gasteiger partial charge in [-0.1, -0.05) is 39.0 Å². The van der Waals surface area contributed by atoms with Crippen molar-refractivity contribution in [3.8, 4) is 0 Å². The van der Waals surface area contributed by atoms with Gasteiger partial charge in [0, 0.05) is 11.5 Å². The van der Waals surface area contributed by atoms with E-state index in [2.05, 4.69) is 6.08 Å². The van der Waals surface area contributed by atoms with Crippen LogP contribution in [0.5, 0.6) is 0 Å². The fourth-order valence-corrected chi connectivity index (χ4v) is 1.99. The quantitative estimate of drug-likeness (QED) is 0.428. The van der Waals surface area contributed by atoms with Crippen molar-refractivity contribution in [3.63, 3.8) is 0 Å². The average Bonchev–Trinajstić information content (AvgIpc) is 2.51. The lowest BCUT2D eigenvalue weighted by Crippen LogP contribution is -2.40. The van der Waals surface area contributed by atoms with Crippen LogP contribution in [0.15, 0.2) is 24.3 Å². The van der Waals surface area contributed by atoms with E-state index in [0.29, 0.717) is 6.42 Å². The molecule has 3 heteroatoms. The van der Waals surface area contributed by atoms with Crippen molar-refractivity contribution in [1.29, 1.82) is 0 Å². The molecule has 0 fully saturated rings. The second kappa shape index (κ2) is 4.86. The van der Waals surface area contributed by atoms with Crippen molar-refractivity contribution in [3.05, 3.63) is 24.3 Å². The number of hydrogen-bond acceptors (Lipinski definition) is 3. The Labute approximate surface area is 103 Å². The molecule has 1 aliphatic carbocycles. The summed E-state index contributed by atoms with van der Waals surface area (Å²) in [6, 6.07) is 0. The molecule has 0 heterocycles. The lowest BCUT2D eigenvalue weighted by molar-refractivity contribution is -0.148. The highest BCUT2D eigenvalue weighted by molar-refractivity contribution is 5.90. The number of ether oxygens (including phenoxy) is 1. The van der Waals surface area contributed by atoms with E-state index in [1.54, 1.807) is 13.0 Å². The van der Waals surface area contributed by atoms with Crippen LogP contribution in [-0.4, -0.2) is 18.4 Å². The Balaban J connectivity index is 2.63. The first-order chi connectivity index (χ1) is 7.83. The summed E-state index contributed by atoms with van der Waals surface area (Å²) in [5.41, 5.74) is -0.652. The molecule has 0 aromatic carbocycles. The molecule has 0 amide bonds. The van der Waals surface area contributed by atoms with E-state index in [1.165, 1.54) is 6.08 Å². The van der Waals surface area contributed by atoms with Gasteiger partial charge in [-0.25, -0.2) is 4.79 Å². The minimum atomic E-state index is -0.469. The predicted molar refractivity (Wildman–Crippen MR) is 66.4 cm³/mol. The maximum absolute atomic E-state index is 12.2. The molecule has 0 bridgehead atoms. The molecule has 0 aliphatic heterocycles. The number of Topliss-reactive ketones (excluding diaryl/α,β-unsaturated/α-hetero) is 1. The number of allylic oxidation sites excluding steroid dienone is 3. The molecule has 3 nitrogen and oxygen atoms in total. The Morgan fingerprint density at radius 3 is 2.47 bits per heavy atom. The van der Waals surface area contributed by atoms with Crippen LogP contribution in [0.25, 0.3) is 0 Å². The highest BCUT2D eigenvalue weighted by atomic mass is 16.5. The van der Waals surface area contributed by atoms with Crippen LogP contribution in [0.4, 0.5) is 0 Å². The molecule has 0 aromatic rings. The van der Waals surface area contributed by atoms with Crippen molar-refractivity contribution in [2.24, 2.45) is 10.8 Å². The molecule has 0 N–H and O–H groups in total. The molecule has 1 rings (SSSR count). The number of hydrogen-bond donors (Lipinski definition) is 0. The maximum Gasteiger partial charge on any atom is 0.330 e. The topological polar surface area (TPSA) is 43.4 Å². The van der Waals surface area contributed by atoms with Gasteiger partial charge in [0.15, 0.2) is 12.4 Å². The lowest BCUT2D eigenvalue weighted by Gasteiger charge is -2.36. The minimum absolute atomic E-state index is 0.0228. The van der Waals surface area contributed by atoms with Crippen LogP contribution in [0.1, 0.15) is 34.1 Å². The smallest absolute Gasteiger partial charge is 0.330 e. The fourth-order valence-electron chi connectivity index (χ4n) is 1.99. The first-order valence-corrected chi connectivity index (χ1v) is 5.84. The molecule has 17 heavy (non-hydrogen) atoms. The largest absolute Gasteiger partial charge is 0.455 e. The molecule has 1 atom stereocenters. The SMILES string of the molecule is C/C=C\C(=O)OCC(=O)[C@]1(C)CC=CC1(C)C. The summed E-state index contributed by atoms with van der Waals surface area (Å²) in [5, 5.41) is 0. The van der Waals surface area contributed by atoms with E-state index in [0.717, 1.165) is 0 Å². The first kappa shape index (κ1) is 13.7. The Kier molecular flexibility index (Phi) is 3.91. The van der Waals surface area contributed by atoms with Gasteiger partial charge in [-0.15, -0.1) is 0 Å². The molecule has 0 radical (unpaired) electrons. The number of carbonyl (C=O) groups is 2. The first-order valence-electron chi connectivity index (χ1n) is 5.84. The zero-order valence-corrected chi connectivity index (χ0v) is 10.9. The zero-order valence-electron chi connectivity index (χ0n) is 10.9. The van der Waals surface area contributed by atoms with E-state index >= 15 is 0 Å². The molecular formula is C14H20O3. The number of rotatable bonds is 4. The summed E-state index contributed by atoms with van der Waals surface area (Å²) < 4.78 is 4.91. The molecule has 0 unspecified atom stereocenters. The summed E-state index contributed by atoms with van der Waals surface area (Å²) in [4.78, 5) is 23.3. The lowest BCUT2D eigenvalue weighted by atomic mass is 9.66. The Hall–Kier alpha value is -1.38. The highest BCUT2D eigenvalue weighted by Crippen LogP contribution is 2.48. The second-order valence-electron chi connectivity index (χ2n) is 5.19. The summed E-state index contributed by atoms with van der Waals surface area (Å²) in [6.07, 6.45) is 7.69. The average molecular weight is 236 g/mol. The van der Waals surface area contributed by atoms with Crippen molar-refractivity contribution in [2.45, 2.75) is 34.1 Å². The van der Waals surface area contributed by atoms with Crippen LogP contribution >= 0.6 is 0 Å². The molecule has 0 saturated carbocycles. The third-order valence-electron chi connectivity index (χ3n) is 3.75. The Bertz CT molecular complexity index is 377. The Morgan fingerprint density at radius 1 is 1.35 bits per heavy atom. The van der Waals surface area contributed by atoms with Crippen LogP contribution in [-0.2, 0) is 14.3 Å². The van der Waals surface area contributed by atoms with E-state index < -0.39 is 11.4 Å². The monoisotopic (exact) mass is 236 g/mol. The minimum Gasteiger partial charge on any atom is -0.455 e. The summed E-state index contributed by atoms with van der Waals surface area (Å²) in [7, 11) is 0. The van der Waals surface area contributed by atoms with Gasteiger partial charge in [0.25, 0.3) is 0 Å². The van der Waals surface area contributed by atoms with Gasteiger partial charge < -0.3 is 4.74 Å². The van der Waals surface area contributed by atoms with E-state index in [-0.39, 0.29) is 17.8 Å². The fraction of sp³-hybridized carbons (Fsp3) is 0.571. The predicted octanol–water partition coefficient (Wildman–Crippen LogP) is 2.67. The number of carbonyl (C=O) groups excluding carboxylic acids is 2. The van der Waals surface area contributed by atoms with Crippen LogP contribution in [0, 0.1) is 10.8 Å².